The Hall–Kier alpha value is -2.37. The molecule has 2 rings (SSSR count). The number of hydrogen-bond acceptors (Lipinski definition) is 5. The van der Waals surface area contributed by atoms with E-state index in [0.717, 1.165) is 0 Å². The van der Waals surface area contributed by atoms with E-state index in [2.05, 4.69) is 15.6 Å². The second kappa shape index (κ2) is 6.02. The molecule has 0 radical (unpaired) electrons. The van der Waals surface area contributed by atoms with Gasteiger partial charge in [0.15, 0.2) is 0 Å². The second-order valence-electron chi connectivity index (χ2n) is 7.00. The number of fused-ring (bicyclic) bond motifs is 1. The lowest BCUT2D eigenvalue weighted by Gasteiger charge is -2.18. The maximum Gasteiger partial charge on any atom is 0.348 e. The molecule has 0 bridgehead atoms. The van der Waals surface area contributed by atoms with E-state index >= 15 is 0 Å². The summed E-state index contributed by atoms with van der Waals surface area (Å²) in [7, 11) is 0. The smallest absolute Gasteiger partial charge is 0.348 e. The van der Waals surface area contributed by atoms with Gasteiger partial charge in [0, 0.05) is 17.1 Å². The zero-order valence-electron chi connectivity index (χ0n) is 14.4. The van der Waals surface area contributed by atoms with Crippen molar-refractivity contribution in [3.63, 3.8) is 0 Å². The largest absolute Gasteiger partial charge is 0.389 e. The van der Waals surface area contributed by atoms with Crippen LogP contribution in [0.1, 0.15) is 40.2 Å². The summed E-state index contributed by atoms with van der Waals surface area (Å²) in [6, 6.07) is 3.71. The van der Waals surface area contributed by atoms with Crippen LogP contribution in [-0.4, -0.2) is 16.9 Å². The van der Waals surface area contributed by atoms with E-state index < -0.39 is 11.0 Å². The Kier molecular flexibility index (Phi) is 4.45. The van der Waals surface area contributed by atoms with Crippen molar-refractivity contribution in [3.8, 4) is 0 Å². The van der Waals surface area contributed by atoms with Gasteiger partial charge in [-0.1, -0.05) is 20.8 Å². The number of anilines is 2. The Labute approximate surface area is 135 Å². The SMILES string of the molecule is Cc1cc(NC(=O)C(C)(C)C)cc2nc(NC(C)C)oc(=O)c12. The molecule has 0 saturated heterocycles. The number of nitrogens with zero attached hydrogens (tertiary/aromatic N) is 1. The molecule has 1 aromatic heterocycles. The van der Waals surface area contributed by atoms with Crippen LogP contribution in [-0.2, 0) is 4.79 Å². The molecule has 2 aromatic rings. The zero-order chi connectivity index (χ0) is 17.4. The Morgan fingerprint density at radius 1 is 1.26 bits per heavy atom. The van der Waals surface area contributed by atoms with Crippen molar-refractivity contribution in [2.75, 3.05) is 10.6 Å². The molecular formula is C17H23N3O3. The molecule has 0 spiro atoms. The number of carbonyl (C=O) groups is 1. The summed E-state index contributed by atoms with van der Waals surface area (Å²) in [4.78, 5) is 28.6. The normalized spacial score (nSPS) is 11.8. The van der Waals surface area contributed by atoms with Crippen molar-refractivity contribution in [2.45, 2.75) is 47.6 Å². The van der Waals surface area contributed by atoms with Crippen molar-refractivity contribution in [2.24, 2.45) is 5.41 Å². The maximum atomic E-state index is 12.2. The average Bonchev–Trinajstić information content (AvgIpc) is 2.35. The van der Waals surface area contributed by atoms with Gasteiger partial charge in [0.2, 0.25) is 5.91 Å². The summed E-state index contributed by atoms with van der Waals surface area (Å²) in [5.41, 5.74) is 0.877. The van der Waals surface area contributed by atoms with Gasteiger partial charge in [0.05, 0.1) is 10.9 Å². The topological polar surface area (TPSA) is 84.2 Å². The third kappa shape index (κ3) is 3.88. The number of carbonyl (C=O) groups excluding carboxylic acids is 1. The highest BCUT2D eigenvalue weighted by Crippen LogP contribution is 2.23. The Morgan fingerprint density at radius 3 is 2.48 bits per heavy atom. The highest BCUT2D eigenvalue weighted by Gasteiger charge is 2.21. The van der Waals surface area contributed by atoms with E-state index in [4.69, 9.17) is 4.42 Å². The van der Waals surface area contributed by atoms with E-state index in [9.17, 15) is 9.59 Å². The lowest BCUT2D eigenvalue weighted by atomic mass is 9.95. The number of benzene rings is 1. The van der Waals surface area contributed by atoms with Crippen molar-refractivity contribution >= 4 is 28.5 Å². The van der Waals surface area contributed by atoms with Gasteiger partial charge >= 0.3 is 5.63 Å². The van der Waals surface area contributed by atoms with Crippen LogP contribution in [0.3, 0.4) is 0 Å². The molecule has 6 heteroatoms. The lowest BCUT2D eigenvalue weighted by Crippen LogP contribution is -2.27. The summed E-state index contributed by atoms with van der Waals surface area (Å²) in [5.74, 6) is -0.0975. The fourth-order valence-corrected chi connectivity index (χ4v) is 2.09. The summed E-state index contributed by atoms with van der Waals surface area (Å²) in [5, 5.41) is 6.26. The molecule has 0 fully saturated rings. The van der Waals surface area contributed by atoms with Crippen LogP contribution in [0.2, 0.25) is 0 Å². The van der Waals surface area contributed by atoms with Crippen LogP contribution >= 0.6 is 0 Å². The molecule has 1 amide bonds. The summed E-state index contributed by atoms with van der Waals surface area (Å²) < 4.78 is 5.19. The van der Waals surface area contributed by atoms with E-state index in [0.29, 0.717) is 22.2 Å². The van der Waals surface area contributed by atoms with Crippen LogP contribution in [0, 0.1) is 12.3 Å². The monoisotopic (exact) mass is 317 g/mol. The predicted octanol–water partition coefficient (Wildman–Crippen LogP) is 3.30. The summed E-state index contributed by atoms with van der Waals surface area (Å²) in [6.45, 7) is 11.2. The quantitative estimate of drug-likeness (QED) is 0.907. The first kappa shape index (κ1) is 17.0. The lowest BCUT2D eigenvalue weighted by molar-refractivity contribution is -0.123. The molecular weight excluding hydrogens is 294 g/mol. The fraction of sp³-hybridized carbons (Fsp3) is 0.471. The first-order chi connectivity index (χ1) is 10.6. The first-order valence-electron chi connectivity index (χ1n) is 7.61. The van der Waals surface area contributed by atoms with Gasteiger partial charge in [-0.3, -0.25) is 4.79 Å². The van der Waals surface area contributed by atoms with Gasteiger partial charge < -0.3 is 15.1 Å². The Balaban J connectivity index is 2.50. The zero-order valence-corrected chi connectivity index (χ0v) is 14.4. The van der Waals surface area contributed by atoms with Crippen LogP contribution in [0.15, 0.2) is 21.3 Å². The molecule has 0 aliphatic rings. The van der Waals surface area contributed by atoms with E-state index in [1.165, 1.54) is 0 Å². The molecule has 0 saturated carbocycles. The molecule has 124 valence electrons. The molecule has 2 N–H and O–H groups in total. The Bertz CT molecular complexity index is 801. The number of aromatic nitrogens is 1. The minimum Gasteiger partial charge on any atom is -0.389 e. The standard InChI is InChI=1S/C17H23N3O3/c1-9(2)18-16-20-12-8-11(19-15(22)17(4,5)6)7-10(3)13(12)14(21)23-16/h7-9H,1-6H3,(H,18,20)(H,19,22). The third-order valence-electron chi connectivity index (χ3n) is 3.28. The van der Waals surface area contributed by atoms with Gasteiger partial charge in [0.1, 0.15) is 0 Å². The molecule has 1 heterocycles. The molecule has 0 aliphatic carbocycles. The van der Waals surface area contributed by atoms with Crippen LogP contribution in [0.4, 0.5) is 11.7 Å². The van der Waals surface area contributed by atoms with E-state index in [-0.39, 0.29) is 18.0 Å². The molecule has 6 nitrogen and oxygen atoms in total. The summed E-state index contributed by atoms with van der Waals surface area (Å²) in [6.07, 6.45) is 0. The van der Waals surface area contributed by atoms with Gasteiger partial charge in [0.25, 0.3) is 6.01 Å². The van der Waals surface area contributed by atoms with Crippen LogP contribution in [0.25, 0.3) is 10.9 Å². The molecule has 1 aromatic carbocycles. The maximum absolute atomic E-state index is 12.2. The molecule has 0 unspecified atom stereocenters. The average molecular weight is 317 g/mol. The van der Waals surface area contributed by atoms with Gasteiger partial charge in [-0.15, -0.1) is 0 Å². The van der Waals surface area contributed by atoms with Crippen molar-refractivity contribution < 1.29 is 9.21 Å². The number of rotatable bonds is 3. The third-order valence-corrected chi connectivity index (χ3v) is 3.28. The summed E-state index contributed by atoms with van der Waals surface area (Å²) >= 11 is 0. The number of nitrogens with one attached hydrogen (secondary N) is 2. The van der Waals surface area contributed by atoms with Crippen molar-refractivity contribution in [1.82, 2.24) is 4.98 Å². The number of aryl methyl sites for hydroxylation is 1. The van der Waals surface area contributed by atoms with E-state index in [1.54, 1.807) is 19.1 Å². The predicted molar refractivity (Wildman–Crippen MR) is 91.9 cm³/mol. The second-order valence-corrected chi connectivity index (χ2v) is 7.00. The van der Waals surface area contributed by atoms with Crippen LogP contribution < -0.4 is 16.3 Å². The van der Waals surface area contributed by atoms with Crippen molar-refractivity contribution in [3.05, 3.63) is 28.1 Å². The highest BCUT2D eigenvalue weighted by atomic mass is 16.4. The molecule has 0 atom stereocenters. The van der Waals surface area contributed by atoms with E-state index in [1.807, 2.05) is 34.6 Å². The number of hydrogen-bond donors (Lipinski definition) is 2. The molecule has 23 heavy (non-hydrogen) atoms. The van der Waals surface area contributed by atoms with Crippen molar-refractivity contribution in [1.29, 1.82) is 0 Å². The minimum atomic E-state index is -0.504. The first-order valence-corrected chi connectivity index (χ1v) is 7.61. The fourth-order valence-electron chi connectivity index (χ4n) is 2.09. The van der Waals surface area contributed by atoms with Crippen LogP contribution in [0.5, 0.6) is 0 Å². The number of amides is 1. The van der Waals surface area contributed by atoms with Gasteiger partial charge in [-0.25, -0.2) is 4.79 Å². The van der Waals surface area contributed by atoms with Gasteiger partial charge in [-0.2, -0.15) is 4.98 Å². The van der Waals surface area contributed by atoms with Gasteiger partial charge in [-0.05, 0) is 38.5 Å². The molecule has 0 aliphatic heterocycles. The highest BCUT2D eigenvalue weighted by molar-refractivity contribution is 5.97. The minimum absolute atomic E-state index is 0.0907. The Morgan fingerprint density at radius 2 is 1.91 bits per heavy atom.